The van der Waals surface area contributed by atoms with Crippen LogP contribution >= 0.6 is 0 Å². The third kappa shape index (κ3) is 4.39. The van der Waals surface area contributed by atoms with Crippen molar-refractivity contribution in [2.45, 2.75) is 58.1 Å². The SMILES string of the molecule is CCOC(=O)C/C=C1\O[C@@H]2OC(C)(C)O[C@@H]2[C@H]1OCc1ccccc1. The van der Waals surface area contributed by atoms with Crippen LogP contribution in [0.3, 0.4) is 0 Å². The van der Waals surface area contributed by atoms with E-state index >= 15 is 0 Å². The molecule has 25 heavy (non-hydrogen) atoms. The molecular weight excluding hydrogens is 324 g/mol. The molecule has 0 saturated carbocycles. The standard InChI is InChI=1S/C19H24O6/c1-4-21-15(20)11-10-14-16(22-12-13-8-6-5-7-9-13)17-18(23-14)25-19(2,3)24-17/h5-10,16-18H,4,11-12H2,1-3H3/b14-10-/t16-,17+,18+/m0/s1. The normalized spacial score (nSPS) is 28.6. The summed E-state index contributed by atoms with van der Waals surface area (Å²) in [6, 6.07) is 9.86. The van der Waals surface area contributed by atoms with Gasteiger partial charge in [-0.05, 0) is 32.4 Å². The van der Waals surface area contributed by atoms with Crippen LogP contribution in [-0.4, -0.2) is 36.9 Å². The Morgan fingerprint density at radius 2 is 2.00 bits per heavy atom. The van der Waals surface area contributed by atoms with Gasteiger partial charge in [0.05, 0.1) is 19.6 Å². The zero-order valence-electron chi connectivity index (χ0n) is 14.8. The summed E-state index contributed by atoms with van der Waals surface area (Å²) in [5.41, 5.74) is 1.05. The molecule has 0 bridgehead atoms. The van der Waals surface area contributed by atoms with Crippen LogP contribution < -0.4 is 0 Å². The van der Waals surface area contributed by atoms with Gasteiger partial charge in [0, 0.05) is 0 Å². The highest BCUT2D eigenvalue weighted by atomic mass is 16.8. The predicted molar refractivity (Wildman–Crippen MR) is 89.3 cm³/mol. The van der Waals surface area contributed by atoms with Gasteiger partial charge in [-0.15, -0.1) is 0 Å². The van der Waals surface area contributed by atoms with E-state index in [2.05, 4.69) is 0 Å². The van der Waals surface area contributed by atoms with E-state index in [1.54, 1.807) is 13.0 Å². The molecule has 3 atom stereocenters. The second-order valence-electron chi connectivity index (χ2n) is 6.42. The molecule has 0 N–H and O–H groups in total. The lowest BCUT2D eigenvalue weighted by atomic mass is 10.1. The molecule has 2 aliphatic heterocycles. The highest BCUT2D eigenvalue weighted by Crippen LogP contribution is 2.40. The van der Waals surface area contributed by atoms with Crippen molar-refractivity contribution < 1.29 is 28.5 Å². The Balaban J connectivity index is 1.70. The average molecular weight is 348 g/mol. The van der Waals surface area contributed by atoms with Crippen LogP contribution in [-0.2, 0) is 35.1 Å². The maximum Gasteiger partial charge on any atom is 0.309 e. The van der Waals surface area contributed by atoms with Crippen molar-refractivity contribution >= 4 is 5.97 Å². The van der Waals surface area contributed by atoms with Crippen LogP contribution in [0.2, 0.25) is 0 Å². The molecule has 2 heterocycles. The van der Waals surface area contributed by atoms with E-state index in [9.17, 15) is 4.79 Å². The summed E-state index contributed by atoms with van der Waals surface area (Å²) in [5.74, 6) is -0.481. The molecule has 1 aromatic rings. The molecule has 2 saturated heterocycles. The Labute approximate surface area is 147 Å². The Bertz CT molecular complexity index is 624. The number of carbonyl (C=O) groups is 1. The first-order valence-electron chi connectivity index (χ1n) is 8.52. The number of carbonyl (C=O) groups excluding carboxylic acids is 1. The van der Waals surface area contributed by atoms with Crippen LogP contribution in [0.25, 0.3) is 0 Å². The van der Waals surface area contributed by atoms with Crippen LogP contribution in [0.15, 0.2) is 42.2 Å². The number of fused-ring (bicyclic) bond motifs is 1. The molecule has 1 aromatic carbocycles. The second-order valence-corrected chi connectivity index (χ2v) is 6.42. The Kier molecular flexibility index (Phi) is 5.42. The van der Waals surface area contributed by atoms with Crippen molar-refractivity contribution in [2.24, 2.45) is 0 Å². The Hall–Kier alpha value is -1.89. The lowest BCUT2D eigenvalue weighted by Crippen LogP contribution is -2.31. The summed E-state index contributed by atoms with van der Waals surface area (Å²) < 4.78 is 28.5. The molecular formula is C19H24O6. The van der Waals surface area contributed by atoms with Crippen molar-refractivity contribution in [1.29, 1.82) is 0 Å². The van der Waals surface area contributed by atoms with E-state index in [0.29, 0.717) is 19.0 Å². The molecule has 0 radical (unpaired) electrons. The topological polar surface area (TPSA) is 63.2 Å². The number of hydrogen-bond acceptors (Lipinski definition) is 6. The molecule has 0 spiro atoms. The first-order valence-corrected chi connectivity index (χ1v) is 8.52. The van der Waals surface area contributed by atoms with Crippen LogP contribution in [0.4, 0.5) is 0 Å². The fraction of sp³-hybridized carbons (Fsp3) is 0.526. The smallest absolute Gasteiger partial charge is 0.309 e. The molecule has 0 amide bonds. The Morgan fingerprint density at radius 3 is 2.72 bits per heavy atom. The molecule has 2 fully saturated rings. The van der Waals surface area contributed by atoms with Gasteiger partial charge in [0.2, 0.25) is 6.29 Å². The predicted octanol–water partition coefficient (Wildman–Crippen LogP) is 2.92. The van der Waals surface area contributed by atoms with Gasteiger partial charge in [0.1, 0.15) is 11.9 Å². The number of benzene rings is 1. The number of hydrogen-bond donors (Lipinski definition) is 0. The average Bonchev–Trinajstić information content (AvgIpc) is 3.03. The fourth-order valence-corrected chi connectivity index (χ4v) is 2.92. The van der Waals surface area contributed by atoms with Crippen molar-refractivity contribution in [1.82, 2.24) is 0 Å². The molecule has 0 unspecified atom stereocenters. The highest BCUT2D eigenvalue weighted by Gasteiger charge is 2.54. The number of esters is 1. The van der Waals surface area contributed by atoms with E-state index in [0.717, 1.165) is 5.56 Å². The van der Waals surface area contributed by atoms with E-state index in [4.69, 9.17) is 23.7 Å². The van der Waals surface area contributed by atoms with Crippen LogP contribution in [0.5, 0.6) is 0 Å². The minimum Gasteiger partial charge on any atom is -0.466 e. The summed E-state index contributed by atoms with van der Waals surface area (Å²) in [4.78, 5) is 11.6. The lowest BCUT2D eigenvalue weighted by Gasteiger charge is -2.22. The van der Waals surface area contributed by atoms with Gasteiger partial charge in [0.25, 0.3) is 0 Å². The zero-order valence-corrected chi connectivity index (χ0v) is 14.8. The number of ether oxygens (including phenoxy) is 5. The maximum absolute atomic E-state index is 11.6. The molecule has 2 aliphatic rings. The van der Waals surface area contributed by atoms with E-state index in [1.807, 2.05) is 44.2 Å². The first-order chi connectivity index (χ1) is 12.0. The van der Waals surface area contributed by atoms with Gasteiger partial charge in [-0.25, -0.2) is 0 Å². The van der Waals surface area contributed by atoms with E-state index in [-0.39, 0.29) is 18.5 Å². The third-order valence-electron chi connectivity index (χ3n) is 3.97. The quantitative estimate of drug-likeness (QED) is 0.737. The maximum atomic E-state index is 11.6. The van der Waals surface area contributed by atoms with Gasteiger partial charge in [-0.2, -0.15) is 0 Å². The first kappa shape index (κ1) is 17.9. The van der Waals surface area contributed by atoms with Crippen LogP contribution in [0.1, 0.15) is 32.8 Å². The van der Waals surface area contributed by atoms with Crippen molar-refractivity contribution in [3.05, 3.63) is 47.7 Å². The summed E-state index contributed by atoms with van der Waals surface area (Å²) in [6.45, 7) is 6.22. The van der Waals surface area contributed by atoms with E-state index in [1.165, 1.54) is 0 Å². The molecule has 0 aliphatic carbocycles. The van der Waals surface area contributed by atoms with Crippen LogP contribution in [0, 0.1) is 0 Å². The van der Waals surface area contributed by atoms with Gasteiger partial charge in [-0.3, -0.25) is 4.79 Å². The summed E-state index contributed by atoms with van der Waals surface area (Å²) in [6.07, 6.45) is 0.473. The van der Waals surface area contributed by atoms with Crippen molar-refractivity contribution in [2.75, 3.05) is 6.61 Å². The number of rotatable bonds is 6. The summed E-state index contributed by atoms with van der Waals surface area (Å²) >= 11 is 0. The molecule has 6 nitrogen and oxygen atoms in total. The zero-order chi connectivity index (χ0) is 17.9. The Morgan fingerprint density at radius 1 is 1.24 bits per heavy atom. The molecule has 0 aromatic heterocycles. The minimum absolute atomic E-state index is 0.122. The lowest BCUT2D eigenvalue weighted by molar-refractivity contribution is -0.192. The summed E-state index contributed by atoms with van der Waals surface area (Å²) in [7, 11) is 0. The molecule has 136 valence electrons. The van der Waals surface area contributed by atoms with Crippen molar-refractivity contribution in [3.63, 3.8) is 0 Å². The van der Waals surface area contributed by atoms with Gasteiger partial charge in [0.15, 0.2) is 11.9 Å². The molecule has 3 rings (SSSR count). The highest BCUT2D eigenvalue weighted by molar-refractivity contribution is 5.71. The monoisotopic (exact) mass is 348 g/mol. The summed E-state index contributed by atoms with van der Waals surface area (Å²) in [5, 5.41) is 0. The molecule has 6 heteroatoms. The third-order valence-corrected chi connectivity index (χ3v) is 3.97. The van der Waals surface area contributed by atoms with Gasteiger partial charge in [-0.1, -0.05) is 30.3 Å². The van der Waals surface area contributed by atoms with Crippen molar-refractivity contribution in [3.8, 4) is 0 Å². The van der Waals surface area contributed by atoms with E-state index < -0.39 is 18.2 Å². The largest absolute Gasteiger partial charge is 0.466 e. The second kappa shape index (κ2) is 7.56. The van der Waals surface area contributed by atoms with Gasteiger partial charge < -0.3 is 23.7 Å². The van der Waals surface area contributed by atoms with Gasteiger partial charge >= 0.3 is 5.97 Å². The fourth-order valence-electron chi connectivity index (χ4n) is 2.92. The minimum atomic E-state index is -0.726.